The fraction of sp³-hybridized carbons (Fsp3) is 0.158. The number of aromatic amines is 1. The van der Waals surface area contributed by atoms with Gasteiger partial charge in [0.1, 0.15) is 0 Å². The van der Waals surface area contributed by atoms with E-state index >= 15 is 0 Å². The van der Waals surface area contributed by atoms with Gasteiger partial charge in [-0.1, -0.05) is 29.8 Å². The third kappa shape index (κ3) is 4.84. The number of imidazole rings is 1. The van der Waals surface area contributed by atoms with Crippen molar-refractivity contribution in [2.24, 2.45) is 0 Å². The first-order chi connectivity index (χ1) is 12.1. The predicted octanol–water partition coefficient (Wildman–Crippen LogP) is 4.80. The van der Waals surface area contributed by atoms with Gasteiger partial charge in [-0.25, -0.2) is 9.78 Å². The third-order valence-corrected chi connectivity index (χ3v) is 4.26. The van der Waals surface area contributed by atoms with Gasteiger partial charge in [-0.05, 0) is 55.2 Å². The minimum atomic E-state index is -0.300. The molecule has 2 aromatic carbocycles. The maximum atomic E-state index is 12.2. The monoisotopic (exact) mass is 354 g/mol. The lowest BCUT2D eigenvalue weighted by Gasteiger charge is -2.10. The molecule has 1 heterocycles. The van der Waals surface area contributed by atoms with E-state index in [0.717, 1.165) is 35.3 Å². The Morgan fingerprint density at radius 3 is 2.64 bits per heavy atom. The normalized spacial score (nSPS) is 10.5. The minimum absolute atomic E-state index is 0.300. The van der Waals surface area contributed by atoms with E-state index in [1.165, 1.54) is 0 Å². The highest BCUT2D eigenvalue weighted by atomic mass is 35.5. The molecular formula is C19H19ClN4O. The van der Waals surface area contributed by atoms with Crippen LogP contribution in [0.25, 0.3) is 0 Å². The molecule has 0 saturated heterocycles. The second-order valence-corrected chi connectivity index (χ2v) is 6.23. The molecule has 3 rings (SSSR count). The highest BCUT2D eigenvalue weighted by Crippen LogP contribution is 2.20. The van der Waals surface area contributed by atoms with Crippen LogP contribution in [-0.2, 0) is 12.8 Å². The summed E-state index contributed by atoms with van der Waals surface area (Å²) in [4.78, 5) is 19.3. The van der Waals surface area contributed by atoms with Crippen molar-refractivity contribution >= 4 is 29.0 Å². The smallest absolute Gasteiger partial charge is 0.323 e. The summed E-state index contributed by atoms with van der Waals surface area (Å²) in [5, 5.41) is 6.25. The van der Waals surface area contributed by atoms with Crippen molar-refractivity contribution in [3.8, 4) is 0 Å². The van der Waals surface area contributed by atoms with Crippen LogP contribution in [0.4, 0.5) is 16.2 Å². The summed E-state index contributed by atoms with van der Waals surface area (Å²) in [5.74, 6) is 0. The standard InChI is InChI=1S/C19H19ClN4O/c1-13-5-7-16(10-18(13)20)24-19(25)23-15-4-2-3-14(9-15)6-8-17-11-21-12-22-17/h2-5,7,9-12H,6,8H2,1H3,(H,21,22)(H2,23,24,25). The molecule has 3 aromatic rings. The van der Waals surface area contributed by atoms with Crippen LogP contribution >= 0.6 is 11.6 Å². The molecule has 6 heteroatoms. The highest BCUT2D eigenvalue weighted by Gasteiger charge is 2.05. The number of hydrogen-bond acceptors (Lipinski definition) is 2. The number of hydrogen-bond donors (Lipinski definition) is 3. The van der Waals surface area contributed by atoms with Crippen molar-refractivity contribution in [1.29, 1.82) is 0 Å². The molecule has 0 radical (unpaired) electrons. The summed E-state index contributed by atoms with van der Waals surface area (Å²) in [5.41, 5.74) is 4.61. The zero-order valence-corrected chi connectivity index (χ0v) is 14.6. The molecule has 2 amide bonds. The molecule has 0 fully saturated rings. The lowest BCUT2D eigenvalue weighted by molar-refractivity contribution is 0.262. The van der Waals surface area contributed by atoms with Gasteiger partial charge in [0.15, 0.2) is 0 Å². The second kappa shape index (κ2) is 7.85. The first-order valence-corrected chi connectivity index (χ1v) is 8.38. The summed E-state index contributed by atoms with van der Waals surface area (Å²) in [6, 6.07) is 12.9. The number of nitrogens with zero attached hydrogens (tertiary/aromatic N) is 1. The summed E-state index contributed by atoms with van der Waals surface area (Å²) >= 11 is 6.08. The van der Waals surface area contributed by atoms with Crippen LogP contribution in [0.15, 0.2) is 55.0 Å². The number of amides is 2. The van der Waals surface area contributed by atoms with Crippen LogP contribution in [0.3, 0.4) is 0 Å². The van der Waals surface area contributed by atoms with Gasteiger partial charge in [0.2, 0.25) is 0 Å². The van der Waals surface area contributed by atoms with Gasteiger partial charge in [-0.15, -0.1) is 0 Å². The topological polar surface area (TPSA) is 69.8 Å². The summed E-state index contributed by atoms with van der Waals surface area (Å²) < 4.78 is 0. The summed E-state index contributed by atoms with van der Waals surface area (Å²) in [6.07, 6.45) is 5.24. The Morgan fingerprint density at radius 1 is 1.12 bits per heavy atom. The van der Waals surface area contributed by atoms with Crippen LogP contribution in [0.2, 0.25) is 5.02 Å². The van der Waals surface area contributed by atoms with E-state index in [9.17, 15) is 4.79 Å². The van der Waals surface area contributed by atoms with Gasteiger partial charge >= 0.3 is 6.03 Å². The number of carbonyl (C=O) groups excluding carboxylic acids is 1. The van der Waals surface area contributed by atoms with Gasteiger partial charge in [-0.3, -0.25) is 0 Å². The van der Waals surface area contributed by atoms with Crippen molar-refractivity contribution in [3.63, 3.8) is 0 Å². The molecule has 0 atom stereocenters. The lowest BCUT2D eigenvalue weighted by Crippen LogP contribution is -2.19. The molecule has 0 aliphatic rings. The first-order valence-electron chi connectivity index (χ1n) is 8.00. The van der Waals surface area contributed by atoms with E-state index in [1.807, 2.05) is 49.5 Å². The largest absolute Gasteiger partial charge is 0.348 e. The predicted molar refractivity (Wildman–Crippen MR) is 101 cm³/mol. The molecule has 1 aromatic heterocycles. The van der Waals surface area contributed by atoms with E-state index in [4.69, 9.17) is 11.6 Å². The van der Waals surface area contributed by atoms with E-state index in [2.05, 4.69) is 20.6 Å². The number of H-pyrrole nitrogens is 1. The van der Waals surface area contributed by atoms with Crippen molar-refractivity contribution in [1.82, 2.24) is 9.97 Å². The SMILES string of the molecule is Cc1ccc(NC(=O)Nc2cccc(CCc3cnc[nH]3)c2)cc1Cl. The molecule has 128 valence electrons. The molecule has 25 heavy (non-hydrogen) atoms. The zero-order valence-electron chi connectivity index (χ0n) is 13.8. The van der Waals surface area contributed by atoms with Crippen LogP contribution in [-0.4, -0.2) is 16.0 Å². The van der Waals surface area contributed by atoms with Crippen LogP contribution in [0.5, 0.6) is 0 Å². The molecule has 0 saturated carbocycles. The maximum Gasteiger partial charge on any atom is 0.323 e. The lowest BCUT2D eigenvalue weighted by atomic mass is 10.1. The average Bonchev–Trinajstić information content (AvgIpc) is 3.10. The molecule has 0 bridgehead atoms. The van der Waals surface area contributed by atoms with Crippen LogP contribution < -0.4 is 10.6 Å². The Balaban J connectivity index is 1.59. The third-order valence-electron chi connectivity index (χ3n) is 3.85. The Kier molecular flexibility index (Phi) is 5.36. The van der Waals surface area contributed by atoms with E-state index in [-0.39, 0.29) is 6.03 Å². The average molecular weight is 355 g/mol. The number of aryl methyl sites for hydroxylation is 3. The fourth-order valence-corrected chi connectivity index (χ4v) is 2.65. The molecule has 0 spiro atoms. The number of rotatable bonds is 5. The zero-order chi connectivity index (χ0) is 17.6. The molecular weight excluding hydrogens is 336 g/mol. The molecule has 0 unspecified atom stereocenters. The number of anilines is 2. The highest BCUT2D eigenvalue weighted by molar-refractivity contribution is 6.31. The van der Waals surface area contributed by atoms with Gasteiger partial charge < -0.3 is 15.6 Å². The number of aromatic nitrogens is 2. The number of nitrogens with one attached hydrogen (secondary N) is 3. The maximum absolute atomic E-state index is 12.2. The molecule has 3 N–H and O–H groups in total. The number of urea groups is 1. The van der Waals surface area contributed by atoms with Gasteiger partial charge in [0.25, 0.3) is 0 Å². The van der Waals surface area contributed by atoms with Crippen LogP contribution in [0, 0.1) is 6.92 Å². The van der Waals surface area contributed by atoms with Gasteiger partial charge in [0.05, 0.1) is 6.33 Å². The quantitative estimate of drug-likeness (QED) is 0.616. The Hall–Kier alpha value is -2.79. The number of benzene rings is 2. The second-order valence-electron chi connectivity index (χ2n) is 5.82. The molecule has 0 aliphatic heterocycles. The van der Waals surface area contributed by atoms with E-state index < -0.39 is 0 Å². The Bertz CT molecular complexity index is 862. The summed E-state index contributed by atoms with van der Waals surface area (Å²) in [6.45, 7) is 1.92. The van der Waals surface area contributed by atoms with E-state index in [1.54, 1.807) is 12.4 Å². The fourth-order valence-electron chi connectivity index (χ4n) is 2.47. The number of carbonyl (C=O) groups is 1. The Morgan fingerprint density at radius 2 is 1.92 bits per heavy atom. The minimum Gasteiger partial charge on any atom is -0.348 e. The van der Waals surface area contributed by atoms with Crippen molar-refractivity contribution in [2.45, 2.75) is 19.8 Å². The van der Waals surface area contributed by atoms with Gasteiger partial charge in [-0.2, -0.15) is 0 Å². The summed E-state index contributed by atoms with van der Waals surface area (Å²) in [7, 11) is 0. The van der Waals surface area contributed by atoms with Crippen molar-refractivity contribution in [3.05, 3.63) is 76.8 Å². The van der Waals surface area contributed by atoms with Crippen molar-refractivity contribution < 1.29 is 4.79 Å². The van der Waals surface area contributed by atoms with Crippen LogP contribution in [0.1, 0.15) is 16.8 Å². The first kappa shape index (κ1) is 17.0. The van der Waals surface area contributed by atoms with Crippen molar-refractivity contribution in [2.75, 3.05) is 10.6 Å². The Labute approximate surface area is 151 Å². The van der Waals surface area contributed by atoms with E-state index in [0.29, 0.717) is 10.7 Å². The molecule has 0 aliphatic carbocycles. The molecule has 5 nitrogen and oxygen atoms in total. The van der Waals surface area contributed by atoms with Gasteiger partial charge in [0, 0.05) is 28.3 Å². The number of halogens is 1.